The van der Waals surface area contributed by atoms with Crippen LogP contribution in [-0.2, 0) is 13.0 Å². The topological polar surface area (TPSA) is 98.0 Å². The van der Waals surface area contributed by atoms with Gasteiger partial charge in [0.1, 0.15) is 18.2 Å². The summed E-state index contributed by atoms with van der Waals surface area (Å²) in [6, 6.07) is 11.8. The van der Waals surface area contributed by atoms with E-state index in [-0.39, 0.29) is 12.6 Å². The summed E-state index contributed by atoms with van der Waals surface area (Å²) in [4.78, 5) is 15.6. The molecule has 0 saturated heterocycles. The van der Waals surface area contributed by atoms with E-state index in [2.05, 4.69) is 37.8 Å². The Morgan fingerprint density at radius 3 is 2.81 bits per heavy atom. The van der Waals surface area contributed by atoms with Gasteiger partial charge in [-0.15, -0.1) is 0 Å². The number of aromatic nitrogens is 3. The number of benzene rings is 1. The number of fused-ring (bicyclic) bond motifs is 1. The average molecular weight is 427 g/mol. The average Bonchev–Trinajstić information content (AvgIpc) is 2.82. The van der Waals surface area contributed by atoms with Gasteiger partial charge in [-0.2, -0.15) is 5.26 Å². The molecule has 3 aromatic rings. The molecule has 1 atom stereocenters. The van der Waals surface area contributed by atoms with Gasteiger partial charge in [0.25, 0.3) is 0 Å². The summed E-state index contributed by atoms with van der Waals surface area (Å²) in [5.74, 6) is 0.700. The van der Waals surface area contributed by atoms with Crippen LogP contribution in [0.25, 0.3) is 0 Å². The Bertz CT molecular complexity index is 1180. The molecule has 0 bridgehead atoms. The Morgan fingerprint density at radius 2 is 2.09 bits per heavy atom. The molecular weight excluding hydrogens is 400 g/mol. The summed E-state index contributed by atoms with van der Waals surface area (Å²) in [5, 5.41) is 22.9. The molecule has 32 heavy (non-hydrogen) atoms. The lowest BCUT2D eigenvalue weighted by Crippen LogP contribution is -2.33. The molecular formula is C25H26N6O. The van der Waals surface area contributed by atoms with Crippen LogP contribution in [0, 0.1) is 25.2 Å². The summed E-state index contributed by atoms with van der Waals surface area (Å²) in [6.45, 7) is 9.17. The largest absolute Gasteiger partial charge is 0.392 e. The van der Waals surface area contributed by atoms with Gasteiger partial charge in [0.15, 0.2) is 0 Å². The lowest BCUT2D eigenvalue weighted by atomic mass is 9.99. The van der Waals surface area contributed by atoms with E-state index in [0.717, 1.165) is 46.7 Å². The zero-order valence-electron chi connectivity index (χ0n) is 18.3. The van der Waals surface area contributed by atoms with Crippen molar-refractivity contribution >= 4 is 11.5 Å². The van der Waals surface area contributed by atoms with Crippen molar-refractivity contribution in [2.45, 2.75) is 32.9 Å². The van der Waals surface area contributed by atoms with Crippen molar-refractivity contribution in [3.8, 4) is 6.07 Å². The van der Waals surface area contributed by atoms with Crippen LogP contribution >= 0.6 is 0 Å². The van der Waals surface area contributed by atoms with Gasteiger partial charge in [-0.05, 0) is 48.7 Å². The monoisotopic (exact) mass is 426 g/mol. The summed E-state index contributed by atoms with van der Waals surface area (Å²) in [6.07, 6.45) is 4.11. The third-order valence-corrected chi connectivity index (χ3v) is 5.78. The predicted octanol–water partition coefficient (Wildman–Crippen LogP) is 3.62. The van der Waals surface area contributed by atoms with E-state index in [1.54, 1.807) is 12.5 Å². The quantitative estimate of drug-likeness (QED) is 0.581. The molecule has 0 aliphatic carbocycles. The normalized spacial score (nSPS) is 13.8. The Hall–Kier alpha value is -3.76. The highest BCUT2D eigenvalue weighted by Gasteiger charge is 2.25. The van der Waals surface area contributed by atoms with Gasteiger partial charge in [0.2, 0.25) is 0 Å². The second-order valence-corrected chi connectivity index (χ2v) is 8.08. The van der Waals surface area contributed by atoms with E-state index < -0.39 is 0 Å². The predicted molar refractivity (Wildman–Crippen MR) is 124 cm³/mol. The highest BCUT2D eigenvalue weighted by atomic mass is 16.3. The number of pyridine rings is 1. The van der Waals surface area contributed by atoms with E-state index in [0.29, 0.717) is 23.5 Å². The minimum absolute atomic E-state index is 0.153. The van der Waals surface area contributed by atoms with Crippen molar-refractivity contribution in [3.05, 3.63) is 88.6 Å². The van der Waals surface area contributed by atoms with Crippen molar-refractivity contribution in [1.29, 1.82) is 5.26 Å². The highest BCUT2D eigenvalue weighted by molar-refractivity contribution is 5.63. The van der Waals surface area contributed by atoms with E-state index in [1.165, 1.54) is 0 Å². The number of hydrogen-bond acceptors (Lipinski definition) is 7. The Morgan fingerprint density at radius 1 is 1.25 bits per heavy atom. The summed E-state index contributed by atoms with van der Waals surface area (Å²) >= 11 is 0. The molecule has 2 N–H and O–H groups in total. The zero-order valence-corrected chi connectivity index (χ0v) is 18.3. The number of nitriles is 1. The first kappa shape index (κ1) is 21.5. The molecule has 7 nitrogen and oxygen atoms in total. The molecule has 2 aromatic heterocycles. The van der Waals surface area contributed by atoms with E-state index >= 15 is 0 Å². The minimum Gasteiger partial charge on any atom is -0.392 e. The third kappa shape index (κ3) is 4.32. The number of anilines is 2. The number of nitrogens with zero attached hydrogens (tertiary/aromatic N) is 5. The van der Waals surface area contributed by atoms with Crippen LogP contribution in [0.15, 0.2) is 55.0 Å². The van der Waals surface area contributed by atoms with Crippen LogP contribution in [0.2, 0.25) is 0 Å². The van der Waals surface area contributed by atoms with Gasteiger partial charge in [-0.25, -0.2) is 9.97 Å². The van der Waals surface area contributed by atoms with E-state index in [9.17, 15) is 10.4 Å². The standard InChI is InChI=1S/C25H26N6O/c1-16-4-7-23(20(10-16)11-26)31-9-8-22-21(13-31)25(29-15-28-22)30-24(17(2)14-32)19-6-5-18(3)27-12-19/h4-7,10,12,15,24,32H,2,8-9,13-14H2,1,3H3,(H,28,29,30)/t24-/m1/s1. The number of rotatable bonds is 6. The smallest absolute Gasteiger partial charge is 0.135 e. The number of aryl methyl sites for hydroxylation is 2. The lowest BCUT2D eigenvalue weighted by Gasteiger charge is -2.32. The molecule has 3 heterocycles. The first-order valence-electron chi connectivity index (χ1n) is 10.6. The van der Waals surface area contributed by atoms with Crippen LogP contribution < -0.4 is 10.2 Å². The molecule has 4 rings (SSSR count). The molecule has 7 heteroatoms. The lowest BCUT2D eigenvalue weighted by molar-refractivity contribution is 0.325. The van der Waals surface area contributed by atoms with Crippen LogP contribution in [0.1, 0.15) is 39.7 Å². The van der Waals surface area contributed by atoms with Crippen LogP contribution in [0.4, 0.5) is 11.5 Å². The Balaban J connectivity index is 1.67. The molecule has 0 spiro atoms. The fourth-order valence-corrected chi connectivity index (χ4v) is 3.99. The molecule has 0 radical (unpaired) electrons. The van der Waals surface area contributed by atoms with Gasteiger partial charge < -0.3 is 15.3 Å². The molecule has 0 saturated carbocycles. The summed E-state index contributed by atoms with van der Waals surface area (Å²) in [5.41, 5.74) is 7.06. The van der Waals surface area contributed by atoms with Crippen molar-refractivity contribution in [3.63, 3.8) is 0 Å². The molecule has 0 amide bonds. The maximum Gasteiger partial charge on any atom is 0.135 e. The Labute approximate surface area is 188 Å². The van der Waals surface area contributed by atoms with Crippen LogP contribution in [0.5, 0.6) is 0 Å². The van der Waals surface area contributed by atoms with Gasteiger partial charge in [-0.1, -0.05) is 18.7 Å². The number of nitrogens with one attached hydrogen (secondary N) is 1. The molecule has 0 fully saturated rings. The Kier molecular flexibility index (Phi) is 6.15. The number of aliphatic hydroxyl groups is 1. The zero-order chi connectivity index (χ0) is 22.7. The third-order valence-electron chi connectivity index (χ3n) is 5.78. The van der Waals surface area contributed by atoms with Crippen molar-refractivity contribution in [2.24, 2.45) is 0 Å². The SMILES string of the molecule is C=C(CO)[C@@H](Nc1ncnc2c1CN(c1ccc(C)cc1C#N)CC2)c1ccc(C)nc1. The van der Waals surface area contributed by atoms with Gasteiger partial charge >= 0.3 is 0 Å². The first-order chi connectivity index (χ1) is 15.5. The maximum absolute atomic E-state index is 9.78. The van der Waals surface area contributed by atoms with Gasteiger partial charge in [-0.3, -0.25) is 4.98 Å². The number of aliphatic hydroxyl groups excluding tert-OH is 1. The summed E-state index contributed by atoms with van der Waals surface area (Å²) < 4.78 is 0. The number of hydrogen-bond donors (Lipinski definition) is 2. The molecule has 1 aliphatic heterocycles. The molecule has 1 aliphatic rings. The van der Waals surface area contributed by atoms with Crippen molar-refractivity contribution < 1.29 is 5.11 Å². The fraction of sp³-hybridized carbons (Fsp3) is 0.280. The highest BCUT2D eigenvalue weighted by Crippen LogP contribution is 2.32. The molecule has 162 valence electrons. The van der Waals surface area contributed by atoms with Gasteiger partial charge in [0, 0.05) is 37.0 Å². The first-order valence-corrected chi connectivity index (χ1v) is 10.6. The minimum atomic E-state index is -0.337. The summed E-state index contributed by atoms with van der Waals surface area (Å²) in [7, 11) is 0. The second kappa shape index (κ2) is 9.16. The van der Waals surface area contributed by atoms with Crippen molar-refractivity contribution in [1.82, 2.24) is 15.0 Å². The van der Waals surface area contributed by atoms with E-state index in [1.807, 2.05) is 44.2 Å². The van der Waals surface area contributed by atoms with Crippen LogP contribution in [0.3, 0.4) is 0 Å². The maximum atomic E-state index is 9.78. The van der Waals surface area contributed by atoms with Crippen molar-refractivity contribution in [2.75, 3.05) is 23.4 Å². The molecule has 0 unspecified atom stereocenters. The molecule has 1 aromatic carbocycles. The fourth-order valence-electron chi connectivity index (χ4n) is 3.99. The van der Waals surface area contributed by atoms with E-state index in [4.69, 9.17) is 0 Å². The second-order valence-electron chi connectivity index (χ2n) is 8.08. The van der Waals surface area contributed by atoms with Gasteiger partial charge in [0.05, 0.1) is 29.6 Å². The van der Waals surface area contributed by atoms with Crippen LogP contribution in [-0.4, -0.2) is 33.2 Å².